The Bertz CT molecular complexity index is 987. The molecule has 12 heteroatoms. The first-order valence-corrected chi connectivity index (χ1v) is 11.8. The van der Waals surface area contributed by atoms with E-state index in [1.165, 1.54) is 24.3 Å². The van der Waals surface area contributed by atoms with Crippen LogP contribution < -0.4 is 10.6 Å². The largest absolute Gasteiger partial charge is 0.471 e. The highest BCUT2D eigenvalue weighted by molar-refractivity contribution is 5.94. The molecule has 0 bridgehead atoms. The van der Waals surface area contributed by atoms with E-state index in [2.05, 4.69) is 30.2 Å². The lowest BCUT2D eigenvalue weighted by Gasteiger charge is -2.25. The maximum Gasteiger partial charge on any atom is 0.471 e. The fourth-order valence-electron chi connectivity index (χ4n) is 3.31. The van der Waals surface area contributed by atoms with Gasteiger partial charge in [0.1, 0.15) is 5.60 Å². The number of likely N-dealkylation sites (N-methyl/N-ethyl adjacent to an activating group) is 1. The molecule has 2 aromatic rings. The summed E-state index contributed by atoms with van der Waals surface area (Å²) >= 11 is 0. The van der Waals surface area contributed by atoms with E-state index in [4.69, 9.17) is 4.74 Å². The van der Waals surface area contributed by atoms with E-state index in [-0.39, 0.29) is 17.8 Å². The third kappa shape index (κ3) is 9.84. The third-order valence-electron chi connectivity index (χ3n) is 5.00. The van der Waals surface area contributed by atoms with Gasteiger partial charge in [0.2, 0.25) is 5.82 Å². The summed E-state index contributed by atoms with van der Waals surface area (Å²) in [4.78, 5) is 29.8. The van der Waals surface area contributed by atoms with E-state index in [1.807, 2.05) is 34.6 Å². The topological polar surface area (TPSA) is 110 Å². The van der Waals surface area contributed by atoms with E-state index < -0.39 is 23.8 Å². The lowest BCUT2D eigenvalue weighted by Crippen LogP contribution is -2.42. The summed E-state index contributed by atoms with van der Waals surface area (Å²) < 4.78 is 47.3. The summed E-state index contributed by atoms with van der Waals surface area (Å²) in [6, 6.07) is 5.79. The number of unbranched alkanes of at least 4 members (excludes halogenated alkanes) is 1. The molecule has 0 saturated carbocycles. The number of carbonyl (C=O) groups is 2. The van der Waals surface area contributed by atoms with Gasteiger partial charge in [-0.15, -0.1) is 0 Å². The maximum absolute atomic E-state index is 12.6. The van der Waals surface area contributed by atoms with Gasteiger partial charge in [-0.2, -0.15) is 18.2 Å². The van der Waals surface area contributed by atoms with Crippen LogP contribution >= 0.6 is 0 Å². The van der Waals surface area contributed by atoms with Gasteiger partial charge in [0.15, 0.2) is 0 Å². The number of alkyl halides is 3. The third-order valence-corrected chi connectivity index (χ3v) is 5.00. The van der Waals surface area contributed by atoms with Crippen molar-refractivity contribution in [2.24, 2.45) is 0 Å². The Morgan fingerprint density at radius 1 is 1.14 bits per heavy atom. The van der Waals surface area contributed by atoms with Gasteiger partial charge in [-0.05, 0) is 65.8 Å². The van der Waals surface area contributed by atoms with Gasteiger partial charge in [-0.25, -0.2) is 4.79 Å². The van der Waals surface area contributed by atoms with Crippen molar-refractivity contribution >= 4 is 12.0 Å². The second kappa shape index (κ2) is 12.7. The van der Waals surface area contributed by atoms with Crippen molar-refractivity contribution in [2.75, 3.05) is 26.2 Å². The molecule has 1 heterocycles. The van der Waals surface area contributed by atoms with Crippen molar-refractivity contribution in [3.63, 3.8) is 0 Å². The van der Waals surface area contributed by atoms with Gasteiger partial charge in [-0.1, -0.05) is 24.2 Å². The van der Waals surface area contributed by atoms with Crippen LogP contribution in [0.15, 0.2) is 28.8 Å². The normalized spacial score (nSPS) is 12.9. The van der Waals surface area contributed by atoms with Gasteiger partial charge in [0.05, 0.1) is 0 Å². The zero-order chi connectivity index (χ0) is 26.9. The van der Waals surface area contributed by atoms with Crippen molar-refractivity contribution in [2.45, 2.75) is 65.3 Å². The number of aromatic nitrogens is 2. The van der Waals surface area contributed by atoms with Crippen LogP contribution in [0.3, 0.4) is 0 Å². The minimum Gasteiger partial charge on any atom is -0.444 e. The molecule has 2 rings (SSSR count). The number of alkyl carbamates (subject to hydrolysis) is 1. The first kappa shape index (κ1) is 29.1. The smallest absolute Gasteiger partial charge is 0.444 e. The fraction of sp³-hybridized carbons (Fsp3) is 0.583. The van der Waals surface area contributed by atoms with Crippen molar-refractivity contribution in [3.8, 4) is 11.4 Å². The lowest BCUT2D eigenvalue weighted by atomic mass is 10.1. The number of hydrogen-bond acceptors (Lipinski definition) is 7. The van der Waals surface area contributed by atoms with E-state index >= 15 is 0 Å². The van der Waals surface area contributed by atoms with E-state index in [0.29, 0.717) is 24.2 Å². The first-order chi connectivity index (χ1) is 16.8. The minimum atomic E-state index is -4.72. The molecule has 0 unspecified atom stereocenters. The molecule has 200 valence electrons. The minimum absolute atomic E-state index is 0.136. The highest BCUT2D eigenvalue weighted by Crippen LogP contribution is 2.29. The Labute approximate surface area is 208 Å². The van der Waals surface area contributed by atoms with Crippen LogP contribution in [0.4, 0.5) is 18.0 Å². The molecule has 0 fully saturated rings. The van der Waals surface area contributed by atoms with Gasteiger partial charge in [0.25, 0.3) is 5.91 Å². The van der Waals surface area contributed by atoms with Gasteiger partial charge in [-0.3, -0.25) is 4.79 Å². The van der Waals surface area contributed by atoms with Crippen LogP contribution in [0.1, 0.15) is 63.7 Å². The number of nitrogens with one attached hydrogen (secondary N) is 2. The number of rotatable bonds is 11. The SMILES string of the molecule is CCN(CCCCNC(=O)OC(C)(C)C)C[C@@H](C)NC(=O)c1ccc(-c2noc(C(F)(F)F)n2)cc1. The van der Waals surface area contributed by atoms with Gasteiger partial charge >= 0.3 is 18.2 Å². The molecular weight excluding hydrogens is 479 g/mol. The average molecular weight is 514 g/mol. The number of carbonyl (C=O) groups excluding carboxylic acids is 2. The van der Waals surface area contributed by atoms with Crippen LogP contribution in [-0.2, 0) is 10.9 Å². The van der Waals surface area contributed by atoms with Crippen LogP contribution in [-0.4, -0.2) is 64.9 Å². The van der Waals surface area contributed by atoms with E-state index in [9.17, 15) is 22.8 Å². The van der Waals surface area contributed by atoms with Crippen molar-refractivity contribution in [1.29, 1.82) is 0 Å². The number of amides is 2. The first-order valence-electron chi connectivity index (χ1n) is 11.8. The Balaban J connectivity index is 1.77. The Morgan fingerprint density at radius 3 is 2.36 bits per heavy atom. The molecule has 1 atom stereocenters. The summed E-state index contributed by atoms with van der Waals surface area (Å²) in [7, 11) is 0. The number of halogens is 3. The molecule has 0 radical (unpaired) electrons. The molecule has 2 amide bonds. The Morgan fingerprint density at radius 2 is 1.81 bits per heavy atom. The number of ether oxygens (including phenoxy) is 1. The predicted octanol–water partition coefficient (Wildman–Crippen LogP) is 4.50. The molecule has 0 spiro atoms. The number of hydrogen-bond donors (Lipinski definition) is 2. The lowest BCUT2D eigenvalue weighted by molar-refractivity contribution is -0.159. The second-order valence-corrected chi connectivity index (χ2v) is 9.40. The zero-order valence-electron chi connectivity index (χ0n) is 21.2. The van der Waals surface area contributed by atoms with Crippen molar-refractivity contribution in [3.05, 3.63) is 35.7 Å². The van der Waals surface area contributed by atoms with E-state index in [0.717, 1.165) is 25.9 Å². The summed E-state index contributed by atoms with van der Waals surface area (Å²) in [5.74, 6) is -1.92. The van der Waals surface area contributed by atoms with Crippen LogP contribution in [0, 0.1) is 0 Å². The highest BCUT2D eigenvalue weighted by atomic mass is 19.4. The predicted molar refractivity (Wildman–Crippen MR) is 127 cm³/mol. The summed E-state index contributed by atoms with van der Waals surface area (Å²) in [5, 5.41) is 9.01. The molecule has 0 aliphatic rings. The van der Waals surface area contributed by atoms with E-state index in [1.54, 1.807) is 0 Å². The molecule has 0 aliphatic heterocycles. The fourth-order valence-corrected chi connectivity index (χ4v) is 3.31. The highest BCUT2D eigenvalue weighted by Gasteiger charge is 2.38. The monoisotopic (exact) mass is 513 g/mol. The standard InChI is InChI=1S/C24H34F3N5O4/c1-6-32(14-8-7-13-28-22(34)35-23(3,4)5)15-16(2)29-20(33)18-11-9-17(10-12-18)19-30-21(36-31-19)24(25,26)27/h9-12,16H,6-8,13-15H2,1-5H3,(H,28,34)(H,29,33)/t16-/m1/s1. The van der Waals surface area contributed by atoms with Gasteiger partial charge in [0, 0.05) is 30.3 Å². The van der Waals surface area contributed by atoms with Crippen molar-refractivity contribution in [1.82, 2.24) is 25.7 Å². The molecular formula is C24H34F3N5O4. The maximum atomic E-state index is 12.6. The zero-order valence-corrected chi connectivity index (χ0v) is 21.2. The van der Waals surface area contributed by atoms with Crippen LogP contribution in [0.5, 0.6) is 0 Å². The molecule has 36 heavy (non-hydrogen) atoms. The summed E-state index contributed by atoms with van der Waals surface area (Å²) in [6.07, 6.45) is -3.47. The Hall–Kier alpha value is -3.15. The molecule has 2 N–H and O–H groups in total. The second-order valence-electron chi connectivity index (χ2n) is 9.40. The van der Waals surface area contributed by atoms with Crippen molar-refractivity contribution < 1.29 is 32.0 Å². The summed E-state index contributed by atoms with van der Waals surface area (Å²) in [6.45, 7) is 12.2. The molecule has 1 aromatic carbocycles. The Kier molecular flexibility index (Phi) is 10.3. The van der Waals surface area contributed by atoms with Gasteiger partial charge < -0.3 is 24.8 Å². The summed E-state index contributed by atoms with van der Waals surface area (Å²) in [5.41, 5.74) is 0.138. The molecule has 0 aliphatic carbocycles. The van der Waals surface area contributed by atoms with Crippen LogP contribution in [0.2, 0.25) is 0 Å². The number of benzene rings is 1. The quantitative estimate of drug-likeness (QED) is 0.426. The molecule has 9 nitrogen and oxygen atoms in total. The number of nitrogens with zero attached hydrogens (tertiary/aromatic N) is 3. The average Bonchev–Trinajstić information content (AvgIpc) is 3.28. The molecule has 0 saturated heterocycles. The molecule has 1 aromatic heterocycles. The van der Waals surface area contributed by atoms with Crippen LogP contribution in [0.25, 0.3) is 11.4 Å².